The Morgan fingerprint density at radius 3 is 2.75 bits per heavy atom. The number of fused-ring (bicyclic) bond motifs is 1. The number of aromatic nitrogens is 2. The van der Waals surface area contributed by atoms with Crippen LogP contribution in [0.4, 0.5) is 5.82 Å². The van der Waals surface area contributed by atoms with Crippen LogP contribution in [0.2, 0.25) is 5.02 Å². The summed E-state index contributed by atoms with van der Waals surface area (Å²) in [6.45, 7) is 2.08. The van der Waals surface area contributed by atoms with Crippen LogP contribution in [0, 0.1) is 0 Å². The van der Waals surface area contributed by atoms with Crippen LogP contribution in [0.5, 0.6) is 0 Å². The molecule has 0 aliphatic heterocycles. The first-order valence-electron chi connectivity index (χ1n) is 7.49. The van der Waals surface area contributed by atoms with Gasteiger partial charge >= 0.3 is 0 Å². The third kappa shape index (κ3) is 2.88. The van der Waals surface area contributed by atoms with Crippen molar-refractivity contribution < 1.29 is 0 Å². The molecule has 3 nitrogen and oxygen atoms in total. The van der Waals surface area contributed by atoms with Crippen LogP contribution in [0.25, 0.3) is 10.9 Å². The highest BCUT2D eigenvalue weighted by Gasteiger charge is 2.16. The standard InChI is InChI=1S/C16H20ClN3/c1-2-15-19-14-10-11(17)8-9-13(14)16(20-15)18-12-6-4-3-5-7-12/h8-10,12H,2-7H2,1H3,(H,18,19,20). The summed E-state index contributed by atoms with van der Waals surface area (Å²) in [5, 5.41) is 5.41. The van der Waals surface area contributed by atoms with Crippen molar-refractivity contribution >= 4 is 28.3 Å². The quantitative estimate of drug-likeness (QED) is 0.898. The van der Waals surface area contributed by atoms with Gasteiger partial charge in [-0.2, -0.15) is 0 Å². The van der Waals surface area contributed by atoms with Gasteiger partial charge in [0.05, 0.1) is 5.52 Å². The Morgan fingerprint density at radius 2 is 2.00 bits per heavy atom. The topological polar surface area (TPSA) is 37.8 Å². The van der Waals surface area contributed by atoms with E-state index >= 15 is 0 Å². The highest BCUT2D eigenvalue weighted by molar-refractivity contribution is 6.31. The zero-order valence-electron chi connectivity index (χ0n) is 11.8. The molecule has 20 heavy (non-hydrogen) atoms. The number of benzene rings is 1. The predicted octanol–water partition coefficient (Wildman–Crippen LogP) is 4.59. The SMILES string of the molecule is CCc1nc(NC2CCCCC2)c2ccc(Cl)cc2n1. The zero-order valence-corrected chi connectivity index (χ0v) is 12.6. The largest absolute Gasteiger partial charge is 0.367 e. The molecule has 1 N–H and O–H groups in total. The Labute approximate surface area is 124 Å². The molecule has 0 unspecified atom stereocenters. The lowest BCUT2D eigenvalue weighted by molar-refractivity contribution is 0.462. The normalized spacial score (nSPS) is 16.5. The lowest BCUT2D eigenvalue weighted by atomic mass is 9.95. The molecular formula is C16H20ClN3. The minimum Gasteiger partial charge on any atom is -0.367 e. The Hall–Kier alpha value is -1.35. The molecule has 0 saturated heterocycles. The minimum atomic E-state index is 0.544. The number of rotatable bonds is 3. The van der Waals surface area contributed by atoms with Gasteiger partial charge in [0.2, 0.25) is 0 Å². The van der Waals surface area contributed by atoms with E-state index in [1.54, 1.807) is 0 Å². The minimum absolute atomic E-state index is 0.544. The van der Waals surface area contributed by atoms with E-state index in [-0.39, 0.29) is 0 Å². The Bertz CT molecular complexity index is 606. The lowest BCUT2D eigenvalue weighted by Gasteiger charge is -2.24. The van der Waals surface area contributed by atoms with Crippen LogP contribution in [0.1, 0.15) is 44.9 Å². The molecule has 1 fully saturated rings. The molecule has 1 aromatic heterocycles. The average Bonchev–Trinajstić information content (AvgIpc) is 2.47. The molecule has 1 aliphatic rings. The predicted molar refractivity (Wildman–Crippen MR) is 84.4 cm³/mol. The van der Waals surface area contributed by atoms with Crippen molar-refractivity contribution in [2.75, 3.05) is 5.32 Å². The van der Waals surface area contributed by atoms with Crippen molar-refractivity contribution in [3.8, 4) is 0 Å². The van der Waals surface area contributed by atoms with Crippen LogP contribution in [-0.4, -0.2) is 16.0 Å². The second kappa shape index (κ2) is 5.96. The van der Waals surface area contributed by atoms with E-state index in [0.29, 0.717) is 6.04 Å². The Kier molecular flexibility index (Phi) is 4.06. The van der Waals surface area contributed by atoms with Crippen LogP contribution in [-0.2, 0) is 6.42 Å². The van der Waals surface area contributed by atoms with E-state index in [4.69, 9.17) is 11.6 Å². The van der Waals surface area contributed by atoms with Gasteiger partial charge in [-0.05, 0) is 31.0 Å². The van der Waals surface area contributed by atoms with Crippen molar-refractivity contribution in [1.82, 2.24) is 9.97 Å². The summed E-state index contributed by atoms with van der Waals surface area (Å²) in [6, 6.07) is 6.39. The third-order valence-corrected chi connectivity index (χ3v) is 4.20. The van der Waals surface area contributed by atoms with E-state index in [9.17, 15) is 0 Å². The molecule has 0 bridgehead atoms. The highest BCUT2D eigenvalue weighted by Crippen LogP contribution is 2.27. The molecule has 0 radical (unpaired) electrons. The Balaban J connectivity index is 1.98. The summed E-state index contributed by atoms with van der Waals surface area (Å²) >= 11 is 6.08. The number of aryl methyl sites for hydroxylation is 1. The lowest BCUT2D eigenvalue weighted by Crippen LogP contribution is -2.23. The molecular weight excluding hydrogens is 270 g/mol. The molecule has 3 rings (SSSR count). The number of nitrogens with zero attached hydrogens (tertiary/aromatic N) is 2. The molecule has 1 aliphatic carbocycles. The number of halogens is 1. The monoisotopic (exact) mass is 289 g/mol. The summed E-state index contributed by atoms with van der Waals surface area (Å²) in [6.07, 6.45) is 7.29. The van der Waals surface area contributed by atoms with Gasteiger partial charge in [-0.25, -0.2) is 9.97 Å². The second-order valence-electron chi connectivity index (χ2n) is 5.48. The molecule has 1 saturated carbocycles. The highest BCUT2D eigenvalue weighted by atomic mass is 35.5. The molecule has 0 atom stereocenters. The maximum absolute atomic E-state index is 6.08. The summed E-state index contributed by atoms with van der Waals surface area (Å²) in [4.78, 5) is 9.25. The Morgan fingerprint density at radius 1 is 1.20 bits per heavy atom. The van der Waals surface area contributed by atoms with Crippen molar-refractivity contribution in [2.45, 2.75) is 51.5 Å². The first kappa shape index (κ1) is 13.6. The number of anilines is 1. The average molecular weight is 290 g/mol. The van der Waals surface area contributed by atoms with Gasteiger partial charge in [-0.3, -0.25) is 0 Å². The fourth-order valence-electron chi connectivity index (χ4n) is 2.86. The summed E-state index contributed by atoms with van der Waals surface area (Å²) in [7, 11) is 0. The van der Waals surface area contributed by atoms with Crippen molar-refractivity contribution in [2.24, 2.45) is 0 Å². The van der Waals surface area contributed by atoms with Crippen LogP contribution >= 0.6 is 11.6 Å². The first-order valence-corrected chi connectivity index (χ1v) is 7.87. The van der Waals surface area contributed by atoms with Crippen LogP contribution in [0.3, 0.4) is 0 Å². The van der Waals surface area contributed by atoms with Gasteiger partial charge in [0.1, 0.15) is 11.6 Å². The molecule has 2 aromatic rings. The smallest absolute Gasteiger partial charge is 0.137 e. The molecule has 1 heterocycles. The number of nitrogens with one attached hydrogen (secondary N) is 1. The summed E-state index contributed by atoms with van der Waals surface area (Å²) < 4.78 is 0. The van der Waals surface area contributed by atoms with E-state index < -0.39 is 0 Å². The summed E-state index contributed by atoms with van der Waals surface area (Å²) in [5.41, 5.74) is 0.933. The fraction of sp³-hybridized carbons (Fsp3) is 0.500. The zero-order chi connectivity index (χ0) is 13.9. The molecule has 0 spiro atoms. The third-order valence-electron chi connectivity index (χ3n) is 3.97. The number of hydrogen-bond acceptors (Lipinski definition) is 3. The van der Waals surface area contributed by atoms with E-state index in [0.717, 1.165) is 34.0 Å². The molecule has 4 heteroatoms. The van der Waals surface area contributed by atoms with E-state index in [1.165, 1.54) is 32.1 Å². The molecule has 106 valence electrons. The van der Waals surface area contributed by atoms with Gasteiger partial charge in [0.15, 0.2) is 0 Å². The van der Waals surface area contributed by atoms with Gasteiger partial charge in [0.25, 0.3) is 0 Å². The summed E-state index contributed by atoms with van der Waals surface area (Å²) in [5.74, 6) is 1.84. The van der Waals surface area contributed by atoms with Crippen molar-refractivity contribution in [3.63, 3.8) is 0 Å². The van der Waals surface area contributed by atoms with Crippen LogP contribution in [0.15, 0.2) is 18.2 Å². The van der Waals surface area contributed by atoms with Gasteiger partial charge in [-0.1, -0.05) is 37.8 Å². The van der Waals surface area contributed by atoms with Gasteiger partial charge < -0.3 is 5.32 Å². The van der Waals surface area contributed by atoms with Crippen LogP contribution < -0.4 is 5.32 Å². The van der Waals surface area contributed by atoms with Gasteiger partial charge in [-0.15, -0.1) is 0 Å². The van der Waals surface area contributed by atoms with E-state index in [1.807, 2.05) is 18.2 Å². The van der Waals surface area contributed by atoms with Crippen molar-refractivity contribution in [3.05, 3.63) is 29.0 Å². The van der Waals surface area contributed by atoms with Crippen molar-refractivity contribution in [1.29, 1.82) is 0 Å². The molecule has 0 amide bonds. The maximum Gasteiger partial charge on any atom is 0.137 e. The first-order chi connectivity index (χ1) is 9.76. The maximum atomic E-state index is 6.08. The van der Waals surface area contributed by atoms with E-state index in [2.05, 4.69) is 22.2 Å². The second-order valence-corrected chi connectivity index (χ2v) is 5.92. The van der Waals surface area contributed by atoms with Gasteiger partial charge in [0, 0.05) is 22.9 Å². The number of hydrogen-bond donors (Lipinski definition) is 1. The fourth-order valence-corrected chi connectivity index (χ4v) is 3.03. The molecule has 1 aromatic carbocycles.